The van der Waals surface area contributed by atoms with E-state index in [1.165, 1.54) is 12.1 Å². The van der Waals surface area contributed by atoms with Crippen molar-refractivity contribution in [3.63, 3.8) is 0 Å². The number of rotatable bonds is 5. The number of benzene rings is 1. The molecule has 124 valence electrons. The molecular weight excluding hydrogens is 374 g/mol. The Bertz CT molecular complexity index is 607. The van der Waals surface area contributed by atoms with Crippen molar-refractivity contribution in [2.75, 3.05) is 13.2 Å². The van der Waals surface area contributed by atoms with Crippen molar-refractivity contribution in [2.24, 2.45) is 0 Å². The van der Waals surface area contributed by atoms with Crippen molar-refractivity contribution in [1.29, 1.82) is 0 Å². The molecule has 0 unspecified atom stereocenters. The van der Waals surface area contributed by atoms with Crippen LogP contribution in [0.3, 0.4) is 0 Å². The molecule has 0 saturated heterocycles. The molecule has 1 rings (SSSR count). The van der Waals surface area contributed by atoms with Crippen LogP contribution in [-0.4, -0.2) is 42.7 Å². The molecule has 0 aromatic heterocycles. The molecule has 0 aliphatic heterocycles. The second-order valence-electron chi connectivity index (χ2n) is 5.59. The lowest BCUT2D eigenvalue weighted by atomic mass is 10.2. The third-order valence-electron chi connectivity index (χ3n) is 2.52. The minimum Gasteiger partial charge on any atom is -0.443 e. The number of aliphatic hydroxyl groups excluding tert-OH is 1. The van der Waals surface area contributed by atoms with E-state index in [2.05, 4.69) is 15.9 Å². The molecule has 1 aromatic carbocycles. The van der Waals surface area contributed by atoms with Gasteiger partial charge in [-0.3, -0.25) is 0 Å². The Morgan fingerprint density at radius 3 is 2.27 bits per heavy atom. The van der Waals surface area contributed by atoms with E-state index in [1.54, 1.807) is 32.9 Å². The predicted molar refractivity (Wildman–Crippen MR) is 86.0 cm³/mol. The van der Waals surface area contributed by atoms with Crippen LogP contribution in [0.2, 0.25) is 0 Å². The lowest BCUT2D eigenvalue weighted by Crippen LogP contribution is -2.41. The number of amides is 1. The van der Waals surface area contributed by atoms with E-state index >= 15 is 0 Å². The molecule has 0 radical (unpaired) electrons. The maximum absolute atomic E-state index is 12.6. The van der Waals surface area contributed by atoms with Crippen LogP contribution >= 0.6 is 15.9 Å². The molecule has 0 aliphatic rings. The van der Waals surface area contributed by atoms with Crippen LogP contribution < -0.4 is 0 Å². The van der Waals surface area contributed by atoms with Gasteiger partial charge in [-0.2, -0.15) is 0 Å². The Morgan fingerprint density at radius 2 is 1.82 bits per heavy atom. The van der Waals surface area contributed by atoms with Gasteiger partial charge in [0.1, 0.15) is 5.60 Å². The zero-order chi connectivity index (χ0) is 17.0. The molecule has 0 bridgehead atoms. The predicted octanol–water partition coefficient (Wildman–Crippen LogP) is 2.76. The highest BCUT2D eigenvalue weighted by Gasteiger charge is 2.32. The maximum Gasteiger partial charge on any atom is 0.424 e. The summed E-state index contributed by atoms with van der Waals surface area (Å²) in [6.07, 6.45) is -0.821. The zero-order valence-electron chi connectivity index (χ0n) is 12.7. The number of nitrogens with zero attached hydrogens (tertiary/aromatic N) is 1. The summed E-state index contributed by atoms with van der Waals surface area (Å²) < 4.78 is 31.7. The van der Waals surface area contributed by atoms with Crippen molar-refractivity contribution in [1.82, 2.24) is 4.31 Å². The van der Waals surface area contributed by atoms with E-state index in [9.17, 15) is 13.2 Å². The van der Waals surface area contributed by atoms with E-state index < -0.39 is 21.7 Å². The quantitative estimate of drug-likeness (QED) is 0.830. The topological polar surface area (TPSA) is 83.9 Å². The van der Waals surface area contributed by atoms with Crippen molar-refractivity contribution in [3.8, 4) is 0 Å². The third-order valence-corrected chi connectivity index (χ3v) is 4.83. The minimum absolute atomic E-state index is 0.0144. The van der Waals surface area contributed by atoms with E-state index in [1.807, 2.05) is 0 Å². The van der Waals surface area contributed by atoms with Gasteiger partial charge in [0, 0.05) is 17.6 Å². The first kappa shape index (κ1) is 18.9. The molecule has 1 amide bonds. The Morgan fingerprint density at radius 1 is 1.27 bits per heavy atom. The molecule has 8 heteroatoms. The highest BCUT2D eigenvalue weighted by atomic mass is 79.9. The van der Waals surface area contributed by atoms with Crippen LogP contribution in [0.25, 0.3) is 0 Å². The van der Waals surface area contributed by atoms with Gasteiger partial charge in [-0.05, 0) is 51.5 Å². The summed E-state index contributed by atoms with van der Waals surface area (Å²) in [6.45, 7) is 4.59. The highest BCUT2D eigenvalue weighted by Crippen LogP contribution is 2.21. The second kappa shape index (κ2) is 7.43. The first-order valence-corrected chi connectivity index (χ1v) is 8.93. The van der Waals surface area contributed by atoms with Crippen molar-refractivity contribution < 1.29 is 23.1 Å². The van der Waals surface area contributed by atoms with Gasteiger partial charge in [0.2, 0.25) is 0 Å². The molecule has 0 aliphatic carbocycles. The van der Waals surface area contributed by atoms with Crippen LogP contribution in [0.1, 0.15) is 27.2 Å². The van der Waals surface area contributed by atoms with Crippen molar-refractivity contribution in [3.05, 3.63) is 28.7 Å². The number of carbonyl (C=O) groups is 1. The summed E-state index contributed by atoms with van der Waals surface area (Å²) in [7, 11) is -4.03. The lowest BCUT2D eigenvalue weighted by molar-refractivity contribution is 0.0385. The van der Waals surface area contributed by atoms with E-state index in [0.717, 1.165) is 4.47 Å². The van der Waals surface area contributed by atoms with Gasteiger partial charge in [0.15, 0.2) is 0 Å². The number of hydrogen-bond donors (Lipinski definition) is 1. The van der Waals surface area contributed by atoms with Crippen LogP contribution in [0.5, 0.6) is 0 Å². The second-order valence-corrected chi connectivity index (χ2v) is 8.37. The van der Waals surface area contributed by atoms with E-state index in [-0.39, 0.29) is 24.5 Å². The molecule has 0 atom stereocenters. The average molecular weight is 394 g/mol. The van der Waals surface area contributed by atoms with Crippen molar-refractivity contribution in [2.45, 2.75) is 37.7 Å². The monoisotopic (exact) mass is 393 g/mol. The largest absolute Gasteiger partial charge is 0.443 e. The van der Waals surface area contributed by atoms with Gasteiger partial charge in [0.05, 0.1) is 4.90 Å². The van der Waals surface area contributed by atoms with Crippen LogP contribution in [0.4, 0.5) is 4.79 Å². The van der Waals surface area contributed by atoms with E-state index in [0.29, 0.717) is 4.31 Å². The van der Waals surface area contributed by atoms with Gasteiger partial charge in [-0.1, -0.05) is 15.9 Å². The summed E-state index contributed by atoms with van der Waals surface area (Å²) in [5.41, 5.74) is -0.816. The highest BCUT2D eigenvalue weighted by molar-refractivity contribution is 9.10. The molecular formula is C14H20BrNO5S. The Balaban J connectivity index is 3.14. The Kier molecular flexibility index (Phi) is 6.39. The van der Waals surface area contributed by atoms with Gasteiger partial charge in [-0.15, -0.1) is 0 Å². The van der Waals surface area contributed by atoms with Gasteiger partial charge < -0.3 is 9.84 Å². The summed E-state index contributed by atoms with van der Waals surface area (Å²) in [6, 6.07) is 5.95. The van der Waals surface area contributed by atoms with Crippen molar-refractivity contribution >= 4 is 32.0 Å². The van der Waals surface area contributed by atoms with Crippen LogP contribution in [-0.2, 0) is 14.8 Å². The summed E-state index contributed by atoms with van der Waals surface area (Å²) in [5.74, 6) is 0. The molecule has 6 nitrogen and oxygen atoms in total. The number of hydrogen-bond acceptors (Lipinski definition) is 5. The molecule has 0 spiro atoms. The summed E-state index contributed by atoms with van der Waals surface area (Å²) in [5, 5.41) is 8.92. The minimum atomic E-state index is -4.03. The van der Waals surface area contributed by atoms with Gasteiger partial charge in [0.25, 0.3) is 10.0 Å². The fourth-order valence-electron chi connectivity index (χ4n) is 1.57. The Hall–Kier alpha value is -1.12. The Labute approximate surface area is 139 Å². The molecule has 1 aromatic rings. The number of ether oxygens (including phenoxy) is 1. The molecule has 1 N–H and O–H groups in total. The van der Waals surface area contributed by atoms with Gasteiger partial charge in [-0.25, -0.2) is 17.5 Å². The zero-order valence-corrected chi connectivity index (χ0v) is 15.1. The number of carbonyl (C=O) groups excluding carboxylic acids is 1. The normalized spacial score (nSPS) is 12.0. The fourth-order valence-corrected chi connectivity index (χ4v) is 3.17. The first-order chi connectivity index (χ1) is 10.1. The first-order valence-electron chi connectivity index (χ1n) is 6.70. The SMILES string of the molecule is CC(C)(C)OC(=O)N(CCCO)S(=O)(=O)c1ccc(Br)cc1. The number of sulfonamides is 1. The van der Waals surface area contributed by atoms with Crippen LogP contribution in [0.15, 0.2) is 33.6 Å². The number of aliphatic hydroxyl groups is 1. The average Bonchev–Trinajstić information content (AvgIpc) is 2.37. The molecule has 0 saturated carbocycles. The van der Waals surface area contributed by atoms with Gasteiger partial charge >= 0.3 is 6.09 Å². The summed E-state index contributed by atoms with van der Waals surface area (Å²) in [4.78, 5) is 12.2. The van der Waals surface area contributed by atoms with E-state index in [4.69, 9.17) is 9.84 Å². The molecule has 0 heterocycles. The molecule has 0 fully saturated rings. The maximum atomic E-state index is 12.6. The fraction of sp³-hybridized carbons (Fsp3) is 0.500. The lowest BCUT2D eigenvalue weighted by Gasteiger charge is -2.26. The third kappa shape index (κ3) is 5.26. The number of halogens is 1. The smallest absolute Gasteiger partial charge is 0.424 e. The standard InChI is InChI=1S/C14H20BrNO5S/c1-14(2,3)21-13(18)16(9-4-10-17)22(19,20)12-7-5-11(15)6-8-12/h5-8,17H,4,9-10H2,1-3H3. The summed E-state index contributed by atoms with van der Waals surface area (Å²) >= 11 is 3.23. The molecule has 22 heavy (non-hydrogen) atoms. The van der Waals surface area contributed by atoms with Crippen LogP contribution in [0, 0.1) is 0 Å².